The number of hydrogen-bond donors (Lipinski definition) is 1. The van der Waals surface area contributed by atoms with Crippen LogP contribution in [-0.2, 0) is 0 Å². The molecule has 0 spiro atoms. The third kappa shape index (κ3) is 3.68. The quantitative estimate of drug-likeness (QED) is 0.186. The minimum atomic E-state index is -0.0528. The van der Waals surface area contributed by atoms with Crippen LogP contribution in [0.15, 0.2) is 175 Å². The molecule has 1 N–H and O–H groups in total. The Labute approximate surface area is 299 Å². The van der Waals surface area contributed by atoms with Crippen molar-refractivity contribution in [3.8, 4) is 27.9 Å². The Morgan fingerprint density at radius 2 is 1.13 bits per heavy atom. The Balaban J connectivity index is 1.25. The van der Waals surface area contributed by atoms with Gasteiger partial charge in [-0.05, 0) is 46.3 Å². The summed E-state index contributed by atoms with van der Waals surface area (Å²) in [7, 11) is 0. The summed E-state index contributed by atoms with van der Waals surface area (Å²) in [6.45, 7) is 0. The third-order valence-corrected chi connectivity index (χ3v) is 11.3. The number of hydrogen-bond acceptors (Lipinski definition) is 2. The Hall–Kier alpha value is -6.91. The molecule has 0 aliphatic carbocycles. The summed E-state index contributed by atoms with van der Waals surface area (Å²) in [4.78, 5) is 5.41. The van der Waals surface area contributed by atoms with E-state index in [1.807, 2.05) is 0 Å². The zero-order valence-corrected chi connectivity index (χ0v) is 28.1. The zero-order chi connectivity index (χ0) is 33.9. The van der Waals surface area contributed by atoms with Crippen LogP contribution in [0.2, 0.25) is 0 Å². The fourth-order valence-corrected chi connectivity index (χ4v) is 9.08. The van der Waals surface area contributed by atoms with E-state index in [-0.39, 0.29) is 6.04 Å². The molecule has 2 aliphatic rings. The van der Waals surface area contributed by atoms with Gasteiger partial charge in [-0.25, -0.2) is 4.99 Å². The molecule has 4 heteroatoms. The molecule has 0 amide bonds. The summed E-state index contributed by atoms with van der Waals surface area (Å²) in [5.41, 5.74) is 14.2. The molecule has 1 unspecified atom stereocenters. The monoisotopic (exact) mass is 662 g/mol. The van der Waals surface area contributed by atoms with Crippen molar-refractivity contribution in [3.05, 3.63) is 181 Å². The van der Waals surface area contributed by atoms with E-state index >= 15 is 0 Å². The van der Waals surface area contributed by atoms with Gasteiger partial charge in [-0.1, -0.05) is 146 Å². The van der Waals surface area contributed by atoms with E-state index in [4.69, 9.17) is 4.99 Å². The molecule has 2 aromatic heterocycles. The lowest BCUT2D eigenvalue weighted by Gasteiger charge is -2.28. The summed E-state index contributed by atoms with van der Waals surface area (Å²) in [5, 5.41) is 11.3. The Bertz CT molecular complexity index is 3160. The number of nitrogens with zero attached hydrogens (tertiary/aromatic N) is 3. The number of benzene rings is 8. The molecule has 0 fully saturated rings. The van der Waals surface area contributed by atoms with Crippen molar-refractivity contribution < 1.29 is 0 Å². The Morgan fingerprint density at radius 3 is 2.04 bits per heavy atom. The molecule has 1 atom stereocenters. The molecule has 2 aliphatic heterocycles. The van der Waals surface area contributed by atoms with E-state index in [2.05, 4.69) is 184 Å². The number of nitrogens with one attached hydrogen (secondary N) is 1. The fourth-order valence-electron chi connectivity index (χ4n) is 9.08. The van der Waals surface area contributed by atoms with Crippen LogP contribution >= 0.6 is 0 Å². The van der Waals surface area contributed by atoms with Crippen LogP contribution < -0.4 is 5.32 Å². The van der Waals surface area contributed by atoms with Crippen LogP contribution in [0.25, 0.3) is 82.3 Å². The summed E-state index contributed by atoms with van der Waals surface area (Å²) in [5.74, 6) is 0.822. The molecule has 8 aromatic carbocycles. The van der Waals surface area contributed by atoms with Gasteiger partial charge < -0.3 is 9.88 Å². The van der Waals surface area contributed by atoms with Crippen molar-refractivity contribution in [2.45, 2.75) is 6.04 Å². The smallest absolute Gasteiger partial charge is 0.209 e. The van der Waals surface area contributed by atoms with Gasteiger partial charge in [-0.2, -0.15) is 0 Å². The average Bonchev–Trinajstić information content (AvgIpc) is 3.69. The van der Waals surface area contributed by atoms with Crippen LogP contribution in [-0.4, -0.2) is 15.1 Å². The molecule has 242 valence electrons. The second kappa shape index (κ2) is 10.3. The van der Waals surface area contributed by atoms with Crippen LogP contribution in [0.1, 0.15) is 17.2 Å². The van der Waals surface area contributed by atoms with E-state index in [0.717, 1.165) is 22.7 Å². The maximum Gasteiger partial charge on any atom is 0.209 e. The van der Waals surface area contributed by atoms with Crippen molar-refractivity contribution in [3.63, 3.8) is 0 Å². The van der Waals surface area contributed by atoms with Gasteiger partial charge in [0.1, 0.15) is 0 Å². The van der Waals surface area contributed by atoms with E-state index in [1.54, 1.807) is 0 Å². The second-order valence-electron chi connectivity index (χ2n) is 14.0. The summed E-state index contributed by atoms with van der Waals surface area (Å²) >= 11 is 0. The summed E-state index contributed by atoms with van der Waals surface area (Å²) in [6, 6.07) is 61.9. The van der Waals surface area contributed by atoms with Gasteiger partial charge in [0.25, 0.3) is 0 Å². The third-order valence-electron chi connectivity index (χ3n) is 11.3. The van der Waals surface area contributed by atoms with Crippen LogP contribution in [0.3, 0.4) is 0 Å². The molecule has 0 radical (unpaired) electrons. The molecule has 52 heavy (non-hydrogen) atoms. The highest BCUT2D eigenvalue weighted by atomic mass is 15.2. The number of aromatic nitrogens is 2. The Kier molecular flexibility index (Phi) is 5.53. The molecule has 0 saturated carbocycles. The first-order chi connectivity index (χ1) is 25.8. The van der Waals surface area contributed by atoms with Gasteiger partial charge in [0.2, 0.25) is 5.96 Å². The highest BCUT2D eigenvalue weighted by Gasteiger charge is 2.30. The van der Waals surface area contributed by atoms with E-state index in [9.17, 15) is 0 Å². The molecule has 10 aromatic rings. The largest absolute Gasteiger partial charge is 0.344 e. The predicted octanol–water partition coefficient (Wildman–Crippen LogP) is 11.9. The maximum absolute atomic E-state index is 5.41. The number of aliphatic imine (C=N–C) groups is 1. The van der Waals surface area contributed by atoms with Gasteiger partial charge in [-0.15, -0.1) is 0 Å². The zero-order valence-electron chi connectivity index (χ0n) is 28.1. The molecular weight excluding hydrogens is 633 g/mol. The van der Waals surface area contributed by atoms with Crippen molar-refractivity contribution in [2.24, 2.45) is 4.99 Å². The average molecular weight is 663 g/mol. The second-order valence-corrected chi connectivity index (χ2v) is 14.0. The summed E-state index contributed by atoms with van der Waals surface area (Å²) in [6.07, 6.45) is 0. The first kappa shape index (κ1) is 27.9. The van der Waals surface area contributed by atoms with Gasteiger partial charge in [-0.3, -0.25) is 4.57 Å². The summed E-state index contributed by atoms with van der Waals surface area (Å²) < 4.78 is 4.90. The molecule has 0 saturated heterocycles. The van der Waals surface area contributed by atoms with Gasteiger partial charge in [0.05, 0.1) is 39.5 Å². The molecule has 0 bridgehead atoms. The standard InChI is InChI=1S/C48H30N4/c1-2-14-30(15-3-1)45-38-20-8-10-23-41(38)49-48(50-45)52-44-27-39-33-18-7-6-17-32(33)35-21-12-22-36-34-19-9-11-24-42(34)51(47(35)36)43(39)28-40(44)37-26-25-29-13-4-5-16-31(29)46(37)52/h1-28,45H,(H,49,50). The number of para-hydroxylation sites is 3. The lowest BCUT2D eigenvalue weighted by molar-refractivity contribution is 0.731. The highest BCUT2D eigenvalue weighted by molar-refractivity contribution is 6.24. The van der Waals surface area contributed by atoms with Crippen molar-refractivity contribution in [2.75, 3.05) is 0 Å². The van der Waals surface area contributed by atoms with E-state index in [0.29, 0.717) is 0 Å². The van der Waals surface area contributed by atoms with Gasteiger partial charge >= 0.3 is 0 Å². The van der Waals surface area contributed by atoms with Crippen molar-refractivity contribution in [1.82, 2.24) is 14.5 Å². The topological polar surface area (TPSA) is 34.2 Å². The number of fused-ring (bicyclic) bond motifs is 14. The highest BCUT2D eigenvalue weighted by Crippen LogP contribution is 2.49. The first-order valence-electron chi connectivity index (χ1n) is 17.9. The van der Waals surface area contributed by atoms with Crippen LogP contribution in [0.5, 0.6) is 0 Å². The normalized spacial score (nSPS) is 14.6. The fraction of sp³-hybridized carbons (Fsp3) is 0.0208. The molecule has 12 rings (SSSR count). The van der Waals surface area contributed by atoms with Crippen molar-refractivity contribution >= 4 is 66.0 Å². The first-order valence-corrected chi connectivity index (χ1v) is 17.9. The SMILES string of the molecule is c1ccc(C2NC(n3c4cc5c(cc4c4ccc6ccccc6c43)-n3c4ccccc4c4cccc(c43)-c3ccccc3-5)=Nc3ccccc32)cc1. The lowest BCUT2D eigenvalue weighted by atomic mass is 9.93. The minimum absolute atomic E-state index is 0.0528. The van der Waals surface area contributed by atoms with E-state index < -0.39 is 0 Å². The predicted molar refractivity (Wildman–Crippen MR) is 216 cm³/mol. The molecule has 4 heterocycles. The van der Waals surface area contributed by atoms with Gasteiger partial charge in [0.15, 0.2) is 0 Å². The van der Waals surface area contributed by atoms with Gasteiger partial charge in [0, 0.05) is 43.6 Å². The van der Waals surface area contributed by atoms with Crippen LogP contribution in [0, 0.1) is 0 Å². The molecular formula is C48H30N4. The van der Waals surface area contributed by atoms with E-state index in [1.165, 1.54) is 82.4 Å². The van der Waals surface area contributed by atoms with Crippen molar-refractivity contribution in [1.29, 1.82) is 0 Å². The van der Waals surface area contributed by atoms with Crippen LogP contribution in [0.4, 0.5) is 5.69 Å². The molecule has 4 nitrogen and oxygen atoms in total. The number of rotatable bonds is 1. The minimum Gasteiger partial charge on any atom is -0.344 e. The maximum atomic E-state index is 5.41. The lowest BCUT2D eigenvalue weighted by Crippen LogP contribution is -2.36. The Morgan fingerprint density at radius 1 is 0.442 bits per heavy atom.